The van der Waals surface area contributed by atoms with Crippen LogP contribution in [0.15, 0.2) is 36.4 Å². The van der Waals surface area contributed by atoms with Crippen LogP contribution >= 0.6 is 0 Å². The quantitative estimate of drug-likeness (QED) is 0.571. The first-order chi connectivity index (χ1) is 9.79. The molecule has 0 aliphatic carbocycles. The third kappa shape index (κ3) is 2.31. The van der Waals surface area contributed by atoms with E-state index >= 15 is 0 Å². The van der Waals surface area contributed by atoms with Gasteiger partial charge >= 0.3 is 0 Å². The fraction of sp³-hybridized carbons (Fsp3) is 0.294. The molecule has 2 N–H and O–H groups in total. The molecule has 102 valence electrons. The fourth-order valence-electron chi connectivity index (χ4n) is 2.59. The van der Waals surface area contributed by atoms with Crippen molar-refractivity contribution in [2.75, 3.05) is 5.73 Å². The topological polar surface area (TPSA) is 51.8 Å². The Morgan fingerprint density at radius 2 is 1.80 bits per heavy atom. The van der Waals surface area contributed by atoms with Gasteiger partial charge in [-0.3, -0.25) is 0 Å². The first-order valence-corrected chi connectivity index (χ1v) is 7.23. The zero-order chi connectivity index (χ0) is 13.9. The van der Waals surface area contributed by atoms with Gasteiger partial charge in [0, 0.05) is 16.5 Å². The van der Waals surface area contributed by atoms with Crippen molar-refractivity contribution < 1.29 is 0 Å². The molecule has 0 unspecified atom stereocenters. The lowest BCUT2D eigenvalue weighted by Gasteiger charge is -2.07. The van der Waals surface area contributed by atoms with Crippen molar-refractivity contribution in [3.8, 4) is 0 Å². The monoisotopic (exact) mass is 265 g/mol. The number of fused-ring (bicyclic) bond motifs is 3. The zero-order valence-corrected chi connectivity index (χ0v) is 11.8. The number of nitrogen functional groups attached to an aromatic ring is 1. The maximum atomic E-state index is 6.07. The lowest BCUT2D eigenvalue weighted by Crippen LogP contribution is -1.98. The summed E-state index contributed by atoms with van der Waals surface area (Å²) in [6, 6.07) is 12.3. The Hall–Kier alpha value is -2.16. The first-order valence-electron chi connectivity index (χ1n) is 7.23. The second-order valence-corrected chi connectivity index (χ2v) is 5.17. The number of pyridine rings is 2. The standard InChI is InChI=1S/C17H19N3/c1-2-3-4-7-12-10-11-14-13-8-5-6-9-15(13)20-17(18)16(14)19-12/h5-6,8-11H,2-4,7H2,1H3,(H2,18,20). The Morgan fingerprint density at radius 3 is 2.65 bits per heavy atom. The van der Waals surface area contributed by atoms with Crippen LogP contribution in [0.4, 0.5) is 5.82 Å². The van der Waals surface area contributed by atoms with Gasteiger partial charge in [-0.15, -0.1) is 0 Å². The highest BCUT2D eigenvalue weighted by atomic mass is 14.9. The molecule has 0 aliphatic rings. The Kier molecular flexibility index (Phi) is 3.50. The number of nitrogens with two attached hydrogens (primary N) is 1. The van der Waals surface area contributed by atoms with E-state index in [1.165, 1.54) is 19.3 Å². The van der Waals surface area contributed by atoms with Crippen LogP contribution in [0.25, 0.3) is 21.8 Å². The van der Waals surface area contributed by atoms with Gasteiger partial charge in [0.15, 0.2) is 5.82 Å². The van der Waals surface area contributed by atoms with Crippen molar-refractivity contribution in [2.24, 2.45) is 0 Å². The van der Waals surface area contributed by atoms with Gasteiger partial charge in [0.25, 0.3) is 0 Å². The van der Waals surface area contributed by atoms with E-state index in [0.29, 0.717) is 5.82 Å². The summed E-state index contributed by atoms with van der Waals surface area (Å²) in [5.41, 5.74) is 8.94. The molecule has 3 nitrogen and oxygen atoms in total. The highest BCUT2D eigenvalue weighted by molar-refractivity contribution is 6.07. The van der Waals surface area contributed by atoms with E-state index in [9.17, 15) is 0 Å². The van der Waals surface area contributed by atoms with Crippen LogP contribution in [-0.2, 0) is 6.42 Å². The van der Waals surface area contributed by atoms with E-state index in [-0.39, 0.29) is 0 Å². The molecule has 3 aromatic rings. The number of benzene rings is 1. The number of aromatic nitrogens is 2. The SMILES string of the molecule is CCCCCc1ccc2c(n1)c(N)nc1ccccc12. The Morgan fingerprint density at radius 1 is 0.950 bits per heavy atom. The Balaban J connectivity index is 2.10. The molecule has 0 fully saturated rings. The molecule has 2 aromatic heterocycles. The minimum Gasteiger partial charge on any atom is -0.382 e. The number of aryl methyl sites for hydroxylation is 1. The maximum absolute atomic E-state index is 6.07. The number of anilines is 1. The second-order valence-electron chi connectivity index (χ2n) is 5.17. The van der Waals surface area contributed by atoms with Crippen molar-refractivity contribution >= 4 is 27.6 Å². The third-order valence-electron chi connectivity index (χ3n) is 3.67. The molecule has 0 bridgehead atoms. The van der Waals surface area contributed by atoms with Gasteiger partial charge in [-0.2, -0.15) is 0 Å². The van der Waals surface area contributed by atoms with Crippen LogP contribution in [0, 0.1) is 0 Å². The van der Waals surface area contributed by atoms with Gasteiger partial charge in [0.1, 0.15) is 5.52 Å². The minimum atomic E-state index is 0.524. The number of hydrogen-bond acceptors (Lipinski definition) is 3. The molecule has 0 atom stereocenters. The summed E-state index contributed by atoms with van der Waals surface area (Å²) in [5, 5.41) is 2.21. The molecule has 0 radical (unpaired) electrons. The number of hydrogen-bond donors (Lipinski definition) is 1. The number of rotatable bonds is 4. The summed E-state index contributed by atoms with van der Waals surface area (Å²) in [7, 11) is 0. The summed E-state index contributed by atoms with van der Waals surface area (Å²) in [6.45, 7) is 2.21. The maximum Gasteiger partial charge on any atom is 0.150 e. The van der Waals surface area contributed by atoms with Crippen LogP contribution in [0.5, 0.6) is 0 Å². The van der Waals surface area contributed by atoms with Gasteiger partial charge in [-0.1, -0.05) is 44.0 Å². The number of nitrogens with zero attached hydrogens (tertiary/aromatic N) is 2. The summed E-state index contributed by atoms with van der Waals surface area (Å²) in [6.07, 6.45) is 4.65. The van der Waals surface area contributed by atoms with Gasteiger partial charge in [0.05, 0.1) is 5.52 Å². The summed E-state index contributed by atoms with van der Waals surface area (Å²) in [4.78, 5) is 9.17. The molecule has 3 rings (SSSR count). The fourth-order valence-corrected chi connectivity index (χ4v) is 2.59. The minimum absolute atomic E-state index is 0.524. The summed E-state index contributed by atoms with van der Waals surface area (Å²) < 4.78 is 0. The Bertz CT molecular complexity index is 750. The van der Waals surface area contributed by atoms with Gasteiger partial charge < -0.3 is 5.73 Å². The summed E-state index contributed by atoms with van der Waals surface area (Å²) >= 11 is 0. The molecule has 1 aromatic carbocycles. The van der Waals surface area contributed by atoms with Crippen molar-refractivity contribution in [1.82, 2.24) is 9.97 Å². The predicted octanol–water partition coefficient (Wildman–Crippen LogP) is 4.10. The van der Waals surface area contributed by atoms with E-state index in [4.69, 9.17) is 10.7 Å². The average molecular weight is 265 g/mol. The second kappa shape index (κ2) is 5.45. The van der Waals surface area contributed by atoms with Crippen molar-refractivity contribution in [1.29, 1.82) is 0 Å². The zero-order valence-electron chi connectivity index (χ0n) is 11.8. The molecular formula is C17H19N3. The van der Waals surface area contributed by atoms with E-state index in [2.05, 4.69) is 30.1 Å². The third-order valence-corrected chi connectivity index (χ3v) is 3.67. The summed E-state index contributed by atoms with van der Waals surface area (Å²) in [5.74, 6) is 0.524. The van der Waals surface area contributed by atoms with E-state index < -0.39 is 0 Å². The molecule has 20 heavy (non-hydrogen) atoms. The largest absolute Gasteiger partial charge is 0.382 e. The molecule has 2 heterocycles. The van der Waals surface area contributed by atoms with E-state index in [1.54, 1.807) is 0 Å². The van der Waals surface area contributed by atoms with Crippen molar-refractivity contribution in [3.05, 3.63) is 42.1 Å². The smallest absolute Gasteiger partial charge is 0.150 e. The molecule has 0 saturated carbocycles. The molecule has 0 amide bonds. The highest BCUT2D eigenvalue weighted by Crippen LogP contribution is 2.26. The predicted molar refractivity (Wildman–Crippen MR) is 84.7 cm³/mol. The Labute approximate surface area is 118 Å². The van der Waals surface area contributed by atoms with Crippen LogP contribution in [0.1, 0.15) is 31.9 Å². The van der Waals surface area contributed by atoms with Gasteiger partial charge in [-0.25, -0.2) is 9.97 Å². The first kappa shape index (κ1) is 12.9. The van der Waals surface area contributed by atoms with Gasteiger partial charge in [-0.05, 0) is 25.0 Å². The molecule has 0 aliphatic heterocycles. The van der Waals surface area contributed by atoms with Crippen LogP contribution in [0.3, 0.4) is 0 Å². The number of unbranched alkanes of at least 4 members (excludes halogenated alkanes) is 2. The highest BCUT2D eigenvalue weighted by Gasteiger charge is 2.08. The van der Waals surface area contributed by atoms with Crippen molar-refractivity contribution in [2.45, 2.75) is 32.6 Å². The molecule has 3 heteroatoms. The average Bonchev–Trinajstić information content (AvgIpc) is 2.48. The lowest BCUT2D eigenvalue weighted by atomic mass is 10.1. The molecule has 0 spiro atoms. The normalized spacial score (nSPS) is 11.2. The lowest BCUT2D eigenvalue weighted by molar-refractivity contribution is 0.709. The van der Waals surface area contributed by atoms with E-state index in [1.807, 2.05) is 18.2 Å². The molecular weight excluding hydrogens is 246 g/mol. The van der Waals surface area contributed by atoms with Gasteiger partial charge in [0.2, 0.25) is 0 Å². The van der Waals surface area contributed by atoms with Crippen molar-refractivity contribution in [3.63, 3.8) is 0 Å². The van der Waals surface area contributed by atoms with E-state index in [0.717, 1.165) is 33.9 Å². The van der Waals surface area contributed by atoms with Crippen LogP contribution in [0.2, 0.25) is 0 Å². The number of para-hydroxylation sites is 1. The van der Waals surface area contributed by atoms with Crippen LogP contribution in [-0.4, -0.2) is 9.97 Å². The molecule has 0 saturated heterocycles. The van der Waals surface area contributed by atoms with Crippen LogP contribution < -0.4 is 5.73 Å².